The molecule has 0 spiro atoms. The molecule has 2 rings (SSSR count). The molecular formula is C14H22N2O3S. The molecule has 0 saturated carbocycles. The van der Waals surface area contributed by atoms with Crippen LogP contribution in [-0.4, -0.2) is 34.2 Å². The highest BCUT2D eigenvalue weighted by Crippen LogP contribution is 2.22. The van der Waals surface area contributed by atoms with Crippen molar-refractivity contribution in [3.8, 4) is 0 Å². The van der Waals surface area contributed by atoms with Gasteiger partial charge in [0, 0.05) is 13.2 Å². The predicted molar refractivity (Wildman–Crippen MR) is 78.1 cm³/mol. The van der Waals surface area contributed by atoms with Crippen LogP contribution in [0, 0.1) is 6.92 Å². The maximum absolute atomic E-state index is 12.5. The molecule has 1 atom stereocenters. The van der Waals surface area contributed by atoms with Crippen LogP contribution in [0.1, 0.15) is 24.5 Å². The summed E-state index contributed by atoms with van der Waals surface area (Å²) in [5, 5.41) is 3.05. The van der Waals surface area contributed by atoms with Gasteiger partial charge in [0.05, 0.1) is 17.0 Å². The second kappa shape index (κ2) is 5.81. The van der Waals surface area contributed by atoms with Gasteiger partial charge in [-0.05, 0) is 50.6 Å². The Hall–Kier alpha value is -0.950. The zero-order valence-electron chi connectivity index (χ0n) is 12.2. The molecule has 1 saturated heterocycles. The van der Waals surface area contributed by atoms with Crippen molar-refractivity contribution in [3.05, 3.63) is 29.3 Å². The number of hydrogen-bond donors (Lipinski definition) is 2. The molecule has 0 bridgehead atoms. The van der Waals surface area contributed by atoms with E-state index < -0.39 is 15.6 Å². The lowest BCUT2D eigenvalue weighted by atomic mass is 10.0. The molecule has 6 heteroatoms. The molecule has 5 nitrogen and oxygen atoms in total. The van der Waals surface area contributed by atoms with Crippen molar-refractivity contribution in [1.29, 1.82) is 0 Å². The van der Waals surface area contributed by atoms with Crippen molar-refractivity contribution in [1.82, 2.24) is 10.0 Å². The van der Waals surface area contributed by atoms with Crippen LogP contribution in [0.15, 0.2) is 23.1 Å². The molecule has 1 aromatic carbocycles. The van der Waals surface area contributed by atoms with E-state index in [0.29, 0.717) is 31.1 Å². The Morgan fingerprint density at radius 2 is 2.15 bits per heavy atom. The zero-order chi connectivity index (χ0) is 14.8. The van der Waals surface area contributed by atoms with Crippen LogP contribution in [0.25, 0.3) is 0 Å². The van der Waals surface area contributed by atoms with Crippen LogP contribution in [0.5, 0.6) is 0 Å². The maximum Gasteiger partial charge on any atom is 0.241 e. The van der Waals surface area contributed by atoms with Crippen LogP contribution in [0.4, 0.5) is 0 Å². The Balaban J connectivity index is 2.27. The molecule has 1 aliphatic heterocycles. The van der Waals surface area contributed by atoms with Gasteiger partial charge >= 0.3 is 0 Å². The van der Waals surface area contributed by atoms with Crippen LogP contribution in [0.3, 0.4) is 0 Å². The average Bonchev–Trinajstić information content (AvgIpc) is 2.77. The van der Waals surface area contributed by atoms with Gasteiger partial charge in [0.25, 0.3) is 0 Å². The van der Waals surface area contributed by atoms with Gasteiger partial charge in [-0.1, -0.05) is 6.07 Å². The SMILES string of the molecule is CNCc1cc(S(=O)(=O)NC2(C)CCOC2)ccc1C. The summed E-state index contributed by atoms with van der Waals surface area (Å²) in [7, 11) is -1.67. The average molecular weight is 298 g/mol. The minimum absolute atomic E-state index is 0.307. The third kappa shape index (κ3) is 3.38. The van der Waals surface area contributed by atoms with Crippen molar-refractivity contribution in [2.45, 2.75) is 37.2 Å². The minimum Gasteiger partial charge on any atom is -0.379 e. The summed E-state index contributed by atoms with van der Waals surface area (Å²) in [4.78, 5) is 0.307. The second-order valence-electron chi connectivity index (χ2n) is 5.59. The van der Waals surface area contributed by atoms with Gasteiger partial charge in [0.1, 0.15) is 0 Å². The fourth-order valence-corrected chi connectivity index (χ4v) is 3.80. The Morgan fingerprint density at radius 3 is 2.75 bits per heavy atom. The third-order valence-corrected chi connectivity index (χ3v) is 5.23. The summed E-state index contributed by atoms with van der Waals surface area (Å²) in [5.41, 5.74) is 1.56. The van der Waals surface area contributed by atoms with Crippen molar-refractivity contribution in [3.63, 3.8) is 0 Å². The lowest BCUT2D eigenvalue weighted by molar-refractivity contribution is 0.178. The first kappa shape index (κ1) is 15.4. The summed E-state index contributed by atoms with van der Waals surface area (Å²) in [6, 6.07) is 5.22. The first-order valence-electron chi connectivity index (χ1n) is 6.72. The quantitative estimate of drug-likeness (QED) is 0.856. The van der Waals surface area contributed by atoms with Gasteiger partial charge in [0.15, 0.2) is 0 Å². The molecule has 20 heavy (non-hydrogen) atoms. The van der Waals surface area contributed by atoms with Crippen molar-refractivity contribution in [2.24, 2.45) is 0 Å². The molecule has 0 aliphatic carbocycles. The van der Waals surface area contributed by atoms with Gasteiger partial charge in [0.2, 0.25) is 10.0 Å². The van der Waals surface area contributed by atoms with E-state index in [1.165, 1.54) is 0 Å². The molecule has 1 unspecified atom stereocenters. The minimum atomic E-state index is -3.52. The summed E-state index contributed by atoms with van der Waals surface area (Å²) < 4.78 is 33.0. The number of aryl methyl sites for hydroxylation is 1. The monoisotopic (exact) mass is 298 g/mol. The largest absolute Gasteiger partial charge is 0.379 e. The van der Waals surface area contributed by atoms with Crippen LogP contribution < -0.4 is 10.0 Å². The van der Waals surface area contributed by atoms with Gasteiger partial charge in [-0.25, -0.2) is 13.1 Å². The second-order valence-corrected chi connectivity index (χ2v) is 7.27. The number of nitrogens with one attached hydrogen (secondary N) is 2. The first-order chi connectivity index (χ1) is 9.36. The Bertz CT molecular complexity index is 578. The normalized spacial score (nSPS) is 23.1. The molecule has 1 aromatic rings. The van der Waals surface area contributed by atoms with Gasteiger partial charge < -0.3 is 10.1 Å². The molecule has 1 aliphatic rings. The Labute approximate surface area is 120 Å². The standard InChI is InChI=1S/C14H22N2O3S/c1-11-4-5-13(8-12(11)9-15-3)20(17,18)16-14(2)6-7-19-10-14/h4-5,8,15-16H,6-7,9-10H2,1-3H3. The van der Waals surface area contributed by atoms with Gasteiger partial charge in [-0.15, -0.1) is 0 Å². The topological polar surface area (TPSA) is 67.4 Å². The van der Waals surface area contributed by atoms with Gasteiger partial charge in [-0.2, -0.15) is 0 Å². The third-order valence-electron chi connectivity index (χ3n) is 3.60. The molecule has 1 fully saturated rings. The molecule has 0 radical (unpaired) electrons. The number of rotatable bonds is 5. The molecule has 1 heterocycles. The van der Waals surface area contributed by atoms with Crippen LogP contribution in [0.2, 0.25) is 0 Å². The maximum atomic E-state index is 12.5. The fourth-order valence-electron chi connectivity index (χ4n) is 2.33. The summed E-state index contributed by atoms with van der Waals surface area (Å²) in [6.07, 6.45) is 0.696. The fraction of sp³-hybridized carbons (Fsp3) is 0.571. The molecule has 2 N–H and O–H groups in total. The van der Waals surface area contributed by atoms with E-state index in [2.05, 4.69) is 10.0 Å². The van der Waals surface area contributed by atoms with Crippen molar-refractivity contribution in [2.75, 3.05) is 20.3 Å². The van der Waals surface area contributed by atoms with Crippen LogP contribution in [-0.2, 0) is 21.3 Å². The van der Waals surface area contributed by atoms with E-state index in [0.717, 1.165) is 11.1 Å². The number of ether oxygens (including phenoxy) is 1. The van der Waals surface area contributed by atoms with E-state index in [1.54, 1.807) is 12.1 Å². The Morgan fingerprint density at radius 1 is 1.40 bits per heavy atom. The highest BCUT2D eigenvalue weighted by Gasteiger charge is 2.34. The highest BCUT2D eigenvalue weighted by molar-refractivity contribution is 7.89. The predicted octanol–water partition coefficient (Wildman–Crippen LogP) is 1.17. The van der Waals surface area contributed by atoms with E-state index >= 15 is 0 Å². The molecule has 0 aromatic heterocycles. The zero-order valence-corrected chi connectivity index (χ0v) is 13.0. The smallest absolute Gasteiger partial charge is 0.241 e. The van der Waals surface area contributed by atoms with Crippen LogP contribution >= 0.6 is 0 Å². The summed E-state index contributed by atoms with van der Waals surface area (Å²) in [6.45, 7) is 5.51. The van der Waals surface area contributed by atoms with E-state index in [9.17, 15) is 8.42 Å². The number of benzene rings is 1. The van der Waals surface area contributed by atoms with E-state index in [1.807, 2.05) is 27.0 Å². The number of hydrogen-bond acceptors (Lipinski definition) is 4. The first-order valence-corrected chi connectivity index (χ1v) is 8.20. The summed E-state index contributed by atoms with van der Waals surface area (Å²) in [5.74, 6) is 0. The lowest BCUT2D eigenvalue weighted by Gasteiger charge is -2.23. The number of sulfonamides is 1. The van der Waals surface area contributed by atoms with Gasteiger partial charge in [-0.3, -0.25) is 0 Å². The highest BCUT2D eigenvalue weighted by atomic mass is 32.2. The van der Waals surface area contributed by atoms with Crippen molar-refractivity contribution < 1.29 is 13.2 Å². The van der Waals surface area contributed by atoms with E-state index in [4.69, 9.17) is 4.74 Å². The van der Waals surface area contributed by atoms with E-state index in [-0.39, 0.29) is 0 Å². The molecular weight excluding hydrogens is 276 g/mol. The molecule has 112 valence electrons. The molecule has 0 amide bonds. The summed E-state index contributed by atoms with van der Waals surface area (Å²) >= 11 is 0. The lowest BCUT2D eigenvalue weighted by Crippen LogP contribution is -2.46. The Kier molecular flexibility index (Phi) is 4.49. The van der Waals surface area contributed by atoms with Crippen molar-refractivity contribution >= 4 is 10.0 Å².